The number of carbonyl (C=O) groups excluding carboxylic acids is 1. The highest BCUT2D eigenvalue weighted by Gasteiger charge is 2.56. The van der Waals surface area contributed by atoms with Crippen LogP contribution >= 0.6 is 0 Å². The van der Waals surface area contributed by atoms with E-state index in [-0.39, 0.29) is 17.7 Å². The summed E-state index contributed by atoms with van der Waals surface area (Å²) in [5.41, 5.74) is 0. The van der Waals surface area contributed by atoms with Crippen LogP contribution in [0.15, 0.2) is 0 Å². The van der Waals surface area contributed by atoms with Crippen LogP contribution in [0.1, 0.15) is 32.6 Å². The second-order valence-corrected chi connectivity index (χ2v) is 5.34. The zero-order valence-electron chi connectivity index (χ0n) is 10.3. The van der Waals surface area contributed by atoms with Crippen LogP contribution in [0.25, 0.3) is 0 Å². The molecule has 0 N–H and O–H groups in total. The summed E-state index contributed by atoms with van der Waals surface area (Å²) in [6, 6.07) is 0. The standard InChI is InChI=1S/C13H20O4/c1-2-15-12(14)11-7-10-4-3-9(11)8-13(10)16-5-6-17-13/h9-11H,2-8H2,1H3/t9-,10+,11-/m1/s1. The predicted octanol–water partition coefficient (Wildman–Crippen LogP) is 1.73. The van der Waals surface area contributed by atoms with Gasteiger partial charge in [-0.05, 0) is 32.1 Å². The molecule has 96 valence electrons. The molecule has 0 radical (unpaired) electrons. The molecule has 1 saturated heterocycles. The van der Waals surface area contributed by atoms with Gasteiger partial charge in [-0.3, -0.25) is 4.79 Å². The van der Waals surface area contributed by atoms with E-state index in [9.17, 15) is 4.79 Å². The van der Waals surface area contributed by atoms with E-state index in [1.807, 2.05) is 6.92 Å². The van der Waals surface area contributed by atoms with Crippen molar-refractivity contribution in [3.63, 3.8) is 0 Å². The first-order valence-corrected chi connectivity index (χ1v) is 6.70. The summed E-state index contributed by atoms with van der Waals surface area (Å²) in [6.07, 6.45) is 3.99. The molecule has 0 amide bonds. The summed E-state index contributed by atoms with van der Waals surface area (Å²) >= 11 is 0. The summed E-state index contributed by atoms with van der Waals surface area (Å²) in [6.45, 7) is 3.75. The first-order valence-electron chi connectivity index (χ1n) is 6.70. The Labute approximate surface area is 102 Å². The molecule has 3 saturated carbocycles. The molecule has 4 fully saturated rings. The lowest BCUT2D eigenvalue weighted by atomic mass is 9.61. The van der Waals surface area contributed by atoms with Gasteiger partial charge in [-0.25, -0.2) is 0 Å². The van der Waals surface area contributed by atoms with Crippen molar-refractivity contribution >= 4 is 5.97 Å². The summed E-state index contributed by atoms with van der Waals surface area (Å²) in [4.78, 5) is 11.9. The fourth-order valence-corrected chi connectivity index (χ4v) is 3.77. The van der Waals surface area contributed by atoms with Gasteiger partial charge in [0, 0.05) is 12.3 Å². The molecule has 1 spiro atoms. The van der Waals surface area contributed by atoms with Gasteiger partial charge in [-0.15, -0.1) is 0 Å². The minimum absolute atomic E-state index is 0.0185. The first kappa shape index (κ1) is 11.5. The number of carbonyl (C=O) groups is 1. The van der Waals surface area contributed by atoms with Crippen LogP contribution in [0.3, 0.4) is 0 Å². The molecule has 17 heavy (non-hydrogen) atoms. The fraction of sp³-hybridized carbons (Fsp3) is 0.923. The third-order valence-corrected chi connectivity index (χ3v) is 4.53. The lowest BCUT2D eigenvalue weighted by Crippen LogP contribution is -2.53. The molecule has 1 heterocycles. The minimum Gasteiger partial charge on any atom is -0.466 e. The molecule has 4 nitrogen and oxygen atoms in total. The lowest BCUT2D eigenvalue weighted by Gasteiger charge is -2.50. The van der Waals surface area contributed by atoms with Crippen molar-refractivity contribution in [1.82, 2.24) is 0 Å². The Balaban J connectivity index is 1.73. The largest absolute Gasteiger partial charge is 0.466 e. The summed E-state index contributed by atoms with van der Waals surface area (Å²) in [5, 5.41) is 0. The van der Waals surface area contributed by atoms with E-state index in [0.29, 0.717) is 31.7 Å². The summed E-state index contributed by atoms with van der Waals surface area (Å²) in [7, 11) is 0. The number of rotatable bonds is 2. The molecule has 4 heteroatoms. The number of ether oxygens (including phenoxy) is 3. The Bertz CT molecular complexity index is 309. The van der Waals surface area contributed by atoms with Crippen molar-refractivity contribution in [2.75, 3.05) is 19.8 Å². The van der Waals surface area contributed by atoms with Crippen molar-refractivity contribution in [3.8, 4) is 0 Å². The van der Waals surface area contributed by atoms with Gasteiger partial charge in [-0.2, -0.15) is 0 Å². The molecule has 4 aliphatic rings. The quantitative estimate of drug-likeness (QED) is 0.689. The average molecular weight is 240 g/mol. The predicted molar refractivity (Wildman–Crippen MR) is 60.2 cm³/mol. The van der Waals surface area contributed by atoms with Crippen LogP contribution in [-0.2, 0) is 19.0 Å². The van der Waals surface area contributed by atoms with E-state index < -0.39 is 0 Å². The summed E-state index contributed by atoms with van der Waals surface area (Å²) < 4.78 is 16.8. The molecule has 3 aliphatic carbocycles. The highest BCUT2D eigenvalue weighted by atomic mass is 16.7. The van der Waals surface area contributed by atoms with E-state index in [1.165, 1.54) is 0 Å². The molecule has 2 bridgehead atoms. The molecular formula is C13H20O4. The minimum atomic E-state index is -0.355. The van der Waals surface area contributed by atoms with Crippen molar-refractivity contribution in [3.05, 3.63) is 0 Å². The SMILES string of the molecule is CCOC(=O)[C@@H]1C[C@@H]2CC[C@@H]1CC21OCCO1. The van der Waals surface area contributed by atoms with Crippen LogP contribution in [0.4, 0.5) is 0 Å². The highest BCUT2D eigenvalue weighted by molar-refractivity contribution is 5.73. The zero-order valence-corrected chi connectivity index (χ0v) is 10.3. The van der Waals surface area contributed by atoms with Gasteiger partial charge in [0.2, 0.25) is 0 Å². The molecule has 0 unspecified atom stereocenters. The van der Waals surface area contributed by atoms with E-state index in [4.69, 9.17) is 14.2 Å². The van der Waals surface area contributed by atoms with Crippen molar-refractivity contribution in [2.24, 2.45) is 17.8 Å². The Morgan fingerprint density at radius 1 is 1.35 bits per heavy atom. The second kappa shape index (κ2) is 4.25. The van der Waals surface area contributed by atoms with Gasteiger partial charge < -0.3 is 14.2 Å². The molecule has 0 aromatic heterocycles. The Hall–Kier alpha value is -0.610. The van der Waals surface area contributed by atoms with Gasteiger partial charge in [0.05, 0.1) is 25.7 Å². The van der Waals surface area contributed by atoms with Crippen LogP contribution in [0.2, 0.25) is 0 Å². The molecule has 4 rings (SSSR count). The van der Waals surface area contributed by atoms with Gasteiger partial charge in [-0.1, -0.05) is 0 Å². The topological polar surface area (TPSA) is 44.8 Å². The second-order valence-electron chi connectivity index (χ2n) is 5.34. The Kier molecular flexibility index (Phi) is 2.87. The fourth-order valence-electron chi connectivity index (χ4n) is 3.77. The first-order chi connectivity index (χ1) is 8.25. The van der Waals surface area contributed by atoms with Crippen molar-refractivity contribution < 1.29 is 19.0 Å². The van der Waals surface area contributed by atoms with Gasteiger partial charge in [0.15, 0.2) is 5.79 Å². The van der Waals surface area contributed by atoms with Gasteiger partial charge >= 0.3 is 5.97 Å². The van der Waals surface area contributed by atoms with Crippen molar-refractivity contribution in [2.45, 2.75) is 38.4 Å². The molecular weight excluding hydrogens is 220 g/mol. The molecule has 0 aromatic rings. The Morgan fingerprint density at radius 2 is 2.12 bits per heavy atom. The van der Waals surface area contributed by atoms with Gasteiger partial charge in [0.25, 0.3) is 0 Å². The maximum Gasteiger partial charge on any atom is 0.309 e. The van der Waals surface area contributed by atoms with E-state index in [2.05, 4.69) is 0 Å². The van der Waals surface area contributed by atoms with Crippen LogP contribution in [0, 0.1) is 17.8 Å². The third kappa shape index (κ3) is 1.78. The zero-order chi connectivity index (χ0) is 11.9. The smallest absolute Gasteiger partial charge is 0.309 e. The van der Waals surface area contributed by atoms with Gasteiger partial charge in [0.1, 0.15) is 0 Å². The Morgan fingerprint density at radius 3 is 2.71 bits per heavy atom. The highest BCUT2D eigenvalue weighted by Crippen LogP contribution is 2.53. The van der Waals surface area contributed by atoms with Crippen LogP contribution in [0.5, 0.6) is 0 Å². The monoisotopic (exact) mass is 240 g/mol. The van der Waals surface area contributed by atoms with Crippen molar-refractivity contribution in [1.29, 1.82) is 0 Å². The number of hydrogen-bond donors (Lipinski definition) is 0. The third-order valence-electron chi connectivity index (χ3n) is 4.53. The average Bonchev–Trinajstić information content (AvgIpc) is 2.79. The molecule has 1 aliphatic heterocycles. The molecule has 0 aromatic carbocycles. The lowest BCUT2D eigenvalue weighted by molar-refractivity contribution is -0.250. The summed E-state index contributed by atoms with van der Waals surface area (Å²) in [5.74, 6) is 0.468. The van der Waals surface area contributed by atoms with E-state index >= 15 is 0 Å². The maximum absolute atomic E-state index is 11.9. The number of esters is 1. The van der Waals surface area contributed by atoms with E-state index in [0.717, 1.165) is 25.7 Å². The normalized spacial score (nSPS) is 38.5. The molecule has 3 atom stereocenters. The number of hydrogen-bond acceptors (Lipinski definition) is 4. The van der Waals surface area contributed by atoms with Crippen LogP contribution < -0.4 is 0 Å². The van der Waals surface area contributed by atoms with Crippen LogP contribution in [-0.4, -0.2) is 31.6 Å². The maximum atomic E-state index is 11.9. The number of fused-ring (bicyclic) bond motifs is 2. The van der Waals surface area contributed by atoms with E-state index in [1.54, 1.807) is 0 Å².